The largest absolute Gasteiger partial charge is 0.385 e. The quantitative estimate of drug-likeness (QED) is 0.910. The van der Waals surface area contributed by atoms with Gasteiger partial charge in [0.2, 0.25) is 10.0 Å². The van der Waals surface area contributed by atoms with E-state index in [2.05, 4.69) is 15.9 Å². The summed E-state index contributed by atoms with van der Waals surface area (Å²) in [7, 11) is -3.15. The minimum Gasteiger partial charge on any atom is -0.385 e. The number of rotatable bonds is 3. The zero-order chi connectivity index (χ0) is 14.1. The van der Waals surface area contributed by atoms with Crippen molar-refractivity contribution in [3.8, 4) is 0 Å². The molecule has 1 saturated heterocycles. The van der Waals surface area contributed by atoms with Crippen LogP contribution in [0, 0.1) is 0 Å². The smallest absolute Gasteiger partial charge is 0.213 e. The molecule has 0 bridgehead atoms. The van der Waals surface area contributed by atoms with E-state index in [9.17, 15) is 13.5 Å². The first kappa shape index (κ1) is 15.0. The van der Waals surface area contributed by atoms with Crippen LogP contribution in [0.4, 0.5) is 0 Å². The molecule has 4 nitrogen and oxygen atoms in total. The fourth-order valence-corrected chi connectivity index (χ4v) is 3.73. The molecule has 1 heterocycles. The molecule has 2 rings (SSSR count). The molecule has 0 aromatic heterocycles. The highest BCUT2D eigenvalue weighted by Gasteiger charge is 2.37. The van der Waals surface area contributed by atoms with Crippen LogP contribution >= 0.6 is 15.9 Å². The summed E-state index contributed by atoms with van der Waals surface area (Å²) in [5.74, 6) is 0.115. The SMILES string of the molecule is CCS(=O)(=O)N1CCC(O)(c2ccc(Br)cc2)CC1. The van der Waals surface area contributed by atoms with E-state index < -0.39 is 15.6 Å². The topological polar surface area (TPSA) is 57.6 Å². The summed E-state index contributed by atoms with van der Waals surface area (Å²) in [6.45, 7) is 2.40. The van der Waals surface area contributed by atoms with E-state index >= 15 is 0 Å². The number of halogens is 1. The number of nitrogens with zero attached hydrogens (tertiary/aromatic N) is 1. The van der Waals surface area contributed by atoms with Crippen molar-refractivity contribution in [3.05, 3.63) is 34.3 Å². The molecule has 1 fully saturated rings. The third-order valence-corrected chi connectivity index (χ3v) is 6.10. The molecule has 1 aromatic carbocycles. The van der Waals surface area contributed by atoms with Gasteiger partial charge < -0.3 is 5.11 Å². The predicted molar refractivity (Wildman–Crippen MR) is 78.3 cm³/mol. The maximum atomic E-state index is 11.8. The molecule has 1 aliphatic rings. The summed E-state index contributed by atoms with van der Waals surface area (Å²) >= 11 is 3.36. The predicted octanol–water partition coefficient (Wildman–Crippen LogP) is 2.08. The van der Waals surface area contributed by atoms with E-state index in [-0.39, 0.29) is 5.75 Å². The Kier molecular flexibility index (Phi) is 4.35. The van der Waals surface area contributed by atoms with Crippen molar-refractivity contribution in [2.24, 2.45) is 0 Å². The minimum absolute atomic E-state index is 0.115. The number of piperidine rings is 1. The van der Waals surface area contributed by atoms with Crippen LogP contribution < -0.4 is 0 Å². The number of hydrogen-bond donors (Lipinski definition) is 1. The summed E-state index contributed by atoms with van der Waals surface area (Å²) in [6, 6.07) is 7.55. The Morgan fingerprint density at radius 2 is 1.79 bits per heavy atom. The summed E-state index contributed by atoms with van der Waals surface area (Å²) < 4.78 is 26.0. The van der Waals surface area contributed by atoms with Gasteiger partial charge in [-0.2, -0.15) is 0 Å². The Morgan fingerprint density at radius 3 is 2.26 bits per heavy atom. The molecule has 1 aliphatic heterocycles. The second-order valence-electron chi connectivity index (χ2n) is 4.84. The van der Waals surface area contributed by atoms with Gasteiger partial charge in [-0.15, -0.1) is 0 Å². The van der Waals surface area contributed by atoms with Crippen LogP contribution in [-0.2, 0) is 15.6 Å². The Morgan fingerprint density at radius 1 is 1.26 bits per heavy atom. The van der Waals surface area contributed by atoms with Crippen molar-refractivity contribution < 1.29 is 13.5 Å². The zero-order valence-electron chi connectivity index (χ0n) is 10.8. The van der Waals surface area contributed by atoms with Crippen LogP contribution in [0.15, 0.2) is 28.7 Å². The molecule has 6 heteroatoms. The van der Waals surface area contributed by atoms with Gasteiger partial charge in [-0.1, -0.05) is 28.1 Å². The van der Waals surface area contributed by atoms with Gasteiger partial charge in [0, 0.05) is 17.6 Å². The second kappa shape index (κ2) is 5.52. The highest BCUT2D eigenvalue weighted by Crippen LogP contribution is 2.34. The number of aliphatic hydroxyl groups is 1. The van der Waals surface area contributed by atoms with E-state index in [0.29, 0.717) is 25.9 Å². The summed E-state index contributed by atoms with van der Waals surface area (Å²) in [4.78, 5) is 0. The Balaban J connectivity index is 2.12. The van der Waals surface area contributed by atoms with E-state index in [1.165, 1.54) is 4.31 Å². The average molecular weight is 348 g/mol. The van der Waals surface area contributed by atoms with E-state index in [4.69, 9.17) is 0 Å². The van der Waals surface area contributed by atoms with Crippen molar-refractivity contribution in [3.63, 3.8) is 0 Å². The monoisotopic (exact) mass is 347 g/mol. The molecule has 0 atom stereocenters. The standard InChI is InChI=1S/C13H18BrNO3S/c1-2-19(17,18)15-9-7-13(16,8-10-15)11-3-5-12(14)6-4-11/h3-6,16H,2,7-10H2,1H3. The van der Waals surface area contributed by atoms with Crippen molar-refractivity contribution >= 4 is 26.0 Å². The molecule has 0 aliphatic carbocycles. The molecular weight excluding hydrogens is 330 g/mol. The molecule has 0 amide bonds. The number of sulfonamides is 1. The van der Waals surface area contributed by atoms with Gasteiger partial charge in [0.25, 0.3) is 0 Å². The maximum absolute atomic E-state index is 11.8. The van der Waals surface area contributed by atoms with Crippen LogP contribution in [-0.4, -0.2) is 36.7 Å². The minimum atomic E-state index is -3.15. The van der Waals surface area contributed by atoms with Gasteiger partial charge in [0.15, 0.2) is 0 Å². The van der Waals surface area contributed by atoms with Gasteiger partial charge in [-0.05, 0) is 37.5 Å². The van der Waals surface area contributed by atoms with Crippen LogP contribution in [0.5, 0.6) is 0 Å². The lowest BCUT2D eigenvalue weighted by atomic mass is 9.85. The first-order valence-corrected chi connectivity index (χ1v) is 8.74. The van der Waals surface area contributed by atoms with Crippen molar-refractivity contribution in [1.82, 2.24) is 4.31 Å². The summed E-state index contributed by atoms with van der Waals surface area (Å²) in [6.07, 6.45) is 0.877. The summed E-state index contributed by atoms with van der Waals surface area (Å²) in [5, 5.41) is 10.7. The van der Waals surface area contributed by atoms with E-state index in [1.54, 1.807) is 6.92 Å². The first-order chi connectivity index (χ1) is 8.87. The van der Waals surface area contributed by atoms with Crippen molar-refractivity contribution in [2.45, 2.75) is 25.4 Å². The van der Waals surface area contributed by atoms with Crippen LogP contribution in [0.25, 0.3) is 0 Å². The number of hydrogen-bond acceptors (Lipinski definition) is 3. The molecule has 19 heavy (non-hydrogen) atoms. The first-order valence-electron chi connectivity index (χ1n) is 6.34. The average Bonchev–Trinajstić information content (AvgIpc) is 2.40. The van der Waals surface area contributed by atoms with Crippen LogP contribution in [0.3, 0.4) is 0 Å². The fraction of sp³-hybridized carbons (Fsp3) is 0.538. The number of benzene rings is 1. The zero-order valence-corrected chi connectivity index (χ0v) is 13.2. The molecule has 1 aromatic rings. The molecule has 106 valence electrons. The lowest BCUT2D eigenvalue weighted by Crippen LogP contribution is -2.45. The molecule has 0 saturated carbocycles. The van der Waals surface area contributed by atoms with Gasteiger partial charge in [-0.25, -0.2) is 12.7 Å². The maximum Gasteiger partial charge on any atom is 0.213 e. The fourth-order valence-electron chi connectivity index (χ4n) is 2.37. The molecular formula is C13H18BrNO3S. The van der Waals surface area contributed by atoms with Crippen LogP contribution in [0.2, 0.25) is 0 Å². The lowest BCUT2D eigenvalue weighted by Gasteiger charge is -2.37. The Bertz CT molecular complexity index is 534. The summed E-state index contributed by atoms with van der Waals surface area (Å²) in [5.41, 5.74) is -0.0651. The van der Waals surface area contributed by atoms with Gasteiger partial charge >= 0.3 is 0 Å². The Labute approximate surface area is 122 Å². The highest BCUT2D eigenvalue weighted by molar-refractivity contribution is 9.10. The van der Waals surface area contributed by atoms with Crippen molar-refractivity contribution in [1.29, 1.82) is 0 Å². The lowest BCUT2D eigenvalue weighted by molar-refractivity contribution is -0.00959. The highest BCUT2D eigenvalue weighted by atomic mass is 79.9. The Hall–Kier alpha value is -0.430. The van der Waals surface area contributed by atoms with E-state index in [1.807, 2.05) is 24.3 Å². The van der Waals surface area contributed by atoms with Crippen molar-refractivity contribution in [2.75, 3.05) is 18.8 Å². The normalized spacial score (nSPS) is 20.4. The molecule has 0 spiro atoms. The molecule has 1 N–H and O–H groups in total. The molecule has 0 radical (unpaired) electrons. The third kappa shape index (κ3) is 3.18. The molecule has 0 unspecified atom stereocenters. The second-order valence-corrected chi connectivity index (χ2v) is 8.01. The van der Waals surface area contributed by atoms with Gasteiger partial charge in [0.1, 0.15) is 0 Å². The van der Waals surface area contributed by atoms with E-state index in [0.717, 1.165) is 10.0 Å². The van der Waals surface area contributed by atoms with Crippen LogP contribution in [0.1, 0.15) is 25.3 Å². The van der Waals surface area contributed by atoms with Gasteiger partial charge in [0.05, 0.1) is 11.4 Å². The third-order valence-electron chi connectivity index (χ3n) is 3.69. The van der Waals surface area contributed by atoms with Gasteiger partial charge in [-0.3, -0.25) is 0 Å².